The summed E-state index contributed by atoms with van der Waals surface area (Å²) >= 11 is 0. The fourth-order valence-corrected chi connectivity index (χ4v) is 3.23. The van der Waals surface area contributed by atoms with Crippen molar-refractivity contribution in [2.75, 3.05) is 23.7 Å². The number of nitrogens with one attached hydrogen (secondary N) is 2. The Bertz CT molecular complexity index is 903. The Hall–Kier alpha value is -2.86. The zero-order chi connectivity index (χ0) is 17.2. The summed E-state index contributed by atoms with van der Waals surface area (Å²) in [4.78, 5) is 19.3. The molecule has 128 valence electrons. The second-order valence-electron chi connectivity index (χ2n) is 6.20. The van der Waals surface area contributed by atoms with Crippen molar-refractivity contribution in [2.45, 2.75) is 20.0 Å². The van der Waals surface area contributed by atoms with Gasteiger partial charge in [-0.25, -0.2) is 9.78 Å². The smallest absolute Gasteiger partial charge is 0.323 e. The van der Waals surface area contributed by atoms with Crippen LogP contribution < -0.4 is 10.6 Å². The van der Waals surface area contributed by atoms with Gasteiger partial charge in [0.15, 0.2) is 0 Å². The number of benzene rings is 2. The second kappa shape index (κ2) is 6.57. The number of imidazole rings is 1. The molecule has 4 rings (SSSR count). The third kappa shape index (κ3) is 3.21. The summed E-state index contributed by atoms with van der Waals surface area (Å²) in [6, 6.07) is 15.0. The SMILES string of the molecule is CCN1CCn2c(nc3cc(NC(=O)Nc4ccccc4)ccc32)C1. The number of carbonyl (C=O) groups is 1. The van der Waals surface area contributed by atoms with E-state index in [1.807, 2.05) is 48.5 Å². The number of aromatic nitrogens is 2. The molecule has 6 nitrogen and oxygen atoms in total. The minimum atomic E-state index is -0.258. The minimum Gasteiger partial charge on any atom is -0.326 e. The van der Waals surface area contributed by atoms with Gasteiger partial charge in [0.25, 0.3) is 0 Å². The fourth-order valence-electron chi connectivity index (χ4n) is 3.23. The third-order valence-corrected chi connectivity index (χ3v) is 4.57. The largest absolute Gasteiger partial charge is 0.326 e. The van der Waals surface area contributed by atoms with Crippen molar-refractivity contribution in [3.8, 4) is 0 Å². The summed E-state index contributed by atoms with van der Waals surface area (Å²) in [5, 5.41) is 5.69. The van der Waals surface area contributed by atoms with Gasteiger partial charge in [0.05, 0.1) is 17.6 Å². The zero-order valence-electron chi connectivity index (χ0n) is 14.2. The second-order valence-corrected chi connectivity index (χ2v) is 6.20. The first-order valence-electron chi connectivity index (χ1n) is 8.57. The van der Waals surface area contributed by atoms with Gasteiger partial charge in [-0.2, -0.15) is 0 Å². The van der Waals surface area contributed by atoms with E-state index in [0.717, 1.165) is 54.4 Å². The van der Waals surface area contributed by atoms with Gasteiger partial charge in [-0.3, -0.25) is 4.90 Å². The number of nitrogens with zero attached hydrogens (tertiary/aromatic N) is 3. The van der Waals surface area contributed by atoms with Crippen LogP contribution in [0.4, 0.5) is 16.2 Å². The maximum absolute atomic E-state index is 12.1. The van der Waals surface area contributed by atoms with Gasteiger partial charge in [-0.15, -0.1) is 0 Å². The molecule has 1 aliphatic heterocycles. The first-order chi connectivity index (χ1) is 12.2. The fraction of sp³-hybridized carbons (Fsp3) is 0.263. The highest BCUT2D eigenvalue weighted by Crippen LogP contribution is 2.23. The van der Waals surface area contributed by atoms with E-state index < -0.39 is 0 Å². The number of fused-ring (bicyclic) bond motifs is 3. The lowest BCUT2D eigenvalue weighted by molar-refractivity contribution is 0.230. The molecule has 25 heavy (non-hydrogen) atoms. The first kappa shape index (κ1) is 15.7. The molecule has 1 aromatic heterocycles. The van der Waals surface area contributed by atoms with Crippen molar-refractivity contribution < 1.29 is 4.79 Å². The van der Waals surface area contributed by atoms with E-state index in [0.29, 0.717) is 0 Å². The van der Waals surface area contributed by atoms with Crippen molar-refractivity contribution in [1.29, 1.82) is 0 Å². The van der Waals surface area contributed by atoms with Gasteiger partial charge < -0.3 is 15.2 Å². The monoisotopic (exact) mass is 335 g/mol. The third-order valence-electron chi connectivity index (χ3n) is 4.57. The van der Waals surface area contributed by atoms with E-state index in [1.165, 1.54) is 0 Å². The standard InChI is InChI=1S/C19H21N5O/c1-2-23-10-11-24-17-9-8-15(12-16(17)22-18(24)13-23)21-19(25)20-14-6-4-3-5-7-14/h3-9,12H,2,10-11,13H2,1H3,(H2,20,21,25). The lowest BCUT2D eigenvalue weighted by atomic mass is 10.2. The maximum Gasteiger partial charge on any atom is 0.323 e. The normalized spacial score (nSPS) is 14.3. The van der Waals surface area contributed by atoms with Crippen molar-refractivity contribution in [3.05, 3.63) is 54.4 Å². The van der Waals surface area contributed by atoms with Gasteiger partial charge in [0, 0.05) is 24.5 Å². The molecule has 0 aliphatic carbocycles. The Labute approximate surface area is 146 Å². The number of carbonyl (C=O) groups excluding carboxylic acids is 1. The van der Waals surface area contributed by atoms with E-state index in [2.05, 4.69) is 27.0 Å². The van der Waals surface area contributed by atoms with Gasteiger partial charge in [0.1, 0.15) is 5.82 Å². The molecule has 0 atom stereocenters. The highest BCUT2D eigenvalue weighted by atomic mass is 16.2. The van der Waals surface area contributed by atoms with Gasteiger partial charge in [0.2, 0.25) is 0 Å². The Morgan fingerprint density at radius 2 is 1.88 bits per heavy atom. The summed E-state index contributed by atoms with van der Waals surface area (Å²) in [5.41, 5.74) is 3.55. The van der Waals surface area contributed by atoms with Crippen LogP contribution in [0, 0.1) is 0 Å². The van der Waals surface area contributed by atoms with Gasteiger partial charge >= 0.3 is 6.03 Å². The molecule has 2 N–H and O–H groups in total. The molecule has 2 heterocycles. The molecule has 2 amide bonds. The van der Waals surface area contributed by atoms with E-state index in [4.69, 9.17) is 4.98 Å². The summed E-state index contributed by atoms with van der Waals surface area (Å²) in [6.07, 6.45) is 0. The quantitative estimate of drug-likeness (QED) is 0.770. The highest BCUT2D eigenvalue weighted by Gasteiger charge is 2.19. The number of hydrogen-bond donors (Lipinski definition) is 2. The molecule has 0 fully saturated rings. The predicted molar refractivity (Wildman–Crippen MR) is 99.8 cm³/mol. The summed E-state index contributed by atoms with van der Waals surface area (Å²) in [7, 11) is 0. The first-order valence-corrected chi connectivity index (χ1v) is 8.57. The molecular weight excluding hydrogens is 314 g/mol. The molecule has 1 aliphatic rings. The van der Waals surface area contributed by atoms with E-state index >= 15 is 0 Å². The number of para-hydroxylation sites is 1. The topological polar surface area (TPSA) is 62.2 Å². The Balaban J connectivity index is 1.52. The number of anilines is 2. The summed E-state index contributed by atoms with van der Waals surface area (Å²) in [6.45, 7) is 6.10. The molecule has 0 spiro atoms. The van der Waals surface area contributed by atoms with Crippen LogP contribution >= 0.6 is 0 Å². The van der Waals surface area contributed by atoms with Crippen LogP contribution in [0.3, 0.4) is 0 Å². The van der Waals surface area contributed by atoms with Crippen LogP contribution in [-0.4, -0.2) is 33.6 Å². The number of urea groups is 1. The lowest BCUT2D eigenvalue weighted by Crippen LogP contribution is -2.33. The van der Waals surface area contributed by atoms with Crippen LogP contribution in [0.5, 0.6) is 0 Å². The number of hydrogen-bond acceptors (Lipinski definition) is 3. The van der Waals surface area contributed by atoms with Crippen LogP contribution in [0.15, 0.2) is 48.5 Å². The van der Waals surface area contributed by atoms with Crippen LogP contribution in [0.2, 0.25) is 0 Å². The van der Waals surface area contributed by atoms with Crippen LogP contribution in [-0.2, 0) is 13.1 Å². The highest BCUT2D eigenvalue weighted by molar-refractivity contribution is 6.00. The number of likely N-dealkylation sites (N-methyl/N-ethyl adjacent to an activating group) is 1. The Morgan fingerprint density at radius 1 is 1.08 bits per heavy atom. The molecule has 0 saturated heterocycles. The number of rotatable bonds is 3. The van der Waals surface area contributed by atoms with E-state index in [-0.39, 0.29) is 6.03 Å². The molecule has 0 unspecified atom stereocenters. The Morgan fingerprint density at radius 3 is 2.68 bits per heavy atom. The molecule has 0 bridgehead atoms. The molecule has 3 aromatic rings. The van der Waals surface area contributed by atoms with Gasteiger partial charge in [-0.05, 0) is 36.9 Å². The Kier molecular flexibility index (Phi) is 4.11. The predicted octanol–water partition coefficient (Wildman–Crippen LogP) is 3.52. The lowest BCUT2D eigenvalue weighted by Gasteiger charge is -2.26. The van der Waals surface area contributed by atoms with Crippen molar-refractivity contribution >= 4 is 28.4 Å². The minimum absolute atomic E-state index is 0.258. The van der Waals surface area contributed by atoms with Crippen LogP contribution in [0.1, 0.15) is 12.7 Å². The average molecular weight is 335 g/mol. The zero-order valence-corrected chi connectivity index (χ0v) is 14.2. The van der Waals surface area contributed by atoms with Crippen LogP contribution in [0.25, 0.3) is 11.0 Å². The van der Waals surface area contributed by atoms with E-state index in [1.54, 1.807) is 0 Å². The molecular formula is C19H21N5O. The summed E-state index contributed by atoms with van der Waals surface area (Å²) < 4.78 is 2.27. The molecule has 6 heteroatoms. The molecule has 0 saturated carbocycles. The number of amides is 2. The average Bonchev–Trinajstić information content (AvgIpc) is 2.99. The van der Waals surface area contributed by atoms with Gasteiger partial charge in [-0.1, -0.05) is 25.1 Å². The molecule has 2 aromatic carbocycles. The van der Waals surface area contributed by atoms with E-state index in [9.17, 15) is 4.79 Å². The van der Waals surface area contributed by atoms with Crippen molar-refractivity contribution in [3.63, 3.8) is 0 Å². The van der Waals surface area contributed by atoms with Crippen molar-refractivity contribution in [2.24, 2.45) is 0 Å². The van der Waals surface area contributed by atoms with Crippen molar-refractivity contribution in [1.82, 2.24) is 14.5 Å². The summed E-state index contributed by atoms with van der Waals surface area (Å²) in [5.74, 6) is 1.09. The maximum atomic E-state index is 12.1. The molecule has 0 radical (unpaired) electrons.